The zero-order valence-electron chi connectivity index (χ0n) is 20.3. The van der Waals surface area contributed by atoms with Gasteiger partial charge in [0.15, 0.2) is 5.78 Å². The maximum atomic E-state index is 13.7. The van der Waals surface area contributed by atoms with Gasteiger partial charge >= 0.3 is 0 Å². The topological polar surface area (TPSA) is 74.3 Å². The monoisotopic (exact) mass is 527 g/mol. The van der Waals surface area contributed by atoms with Gasteiger partial charge in [0.1, 0.15) is 35.1 Å². The molecule has 0 unspecified atom stereocenters. The van der Waals surface area contributed by atoms with Gasteiger partial charge in [-0.15, -0.1) is 0 Å². The van der Waals surface area contributed by atoms with Crippen molar-refractivity contribution >= 4 is 39.9 Å². The molecule has 0 spiro atoms. The number of aromatic amines is 1. The summed E-state index contributed by atoms with van der Waals surface area (Å²) in [6.45, 7) is 2.85. The lowest BCUT2D eigenvalue weighted by Crippen LogP contribution is -2.47. The van der Waals surface area contributed by atoms with Gasteiger partial charge in [-0.2, -0.15) is 0 Å². The number of carbonyl (C=O) groups excluding carboxylic acids is 1. The molecule has 0 bridgehead atoms. The van der Waals surface area contributed by atoms with E-state index in [-0.39, 0.29) is 11.6 Å². The number of ketones is 1. The number of carbonyl (C=O) groups is 1. The molecule has 1 aliphatic rings. The van der Waals surface area contributed by atoms with Gasteiger partial charge < -0.3 is 19.5 Å². The lowest BCUT2D eigenvalue weighted by molar-refractivity contribution is 0.104. The van der Waals surface area contributed by atoms with Crippen LogP contribution in [0.5, 0.6) is 11.5 Å². The van der Waals surface area contributed by atoms with Crippen LogP contribution in [0.2, 0.25) is 5.02 Å². The molecule has 6 rings (SSSR count). The molecular formula is C29H23ClFN5O2. The van der Waals surface area contributed by atoms with Crippen molar-refractivity contribution in [3.8, 4) is 11.5 Å². The van der Waals surface area contributed by atoms with Crippen molar-refractivity contribution in [3.05, 3.63) is 107 Å². The van der Waals surface area contributed by atoms with Crippen molar-refractivity contribution in [2.45, 2.75) is 0 Å². The molecule has 1 aliphatic heterocycles. The van der Waals surface area contributed by atoms with Crippen molar-refractivity contribution in [3.63, 3.8) is 0 Å². The molecule has 1 saturated heterocycles. The number of para-hydroxylation sites is 1. The fraction of sp³-hybridized carbons (Fsp3) is 0.138. The van der Waals surface area contributed by atoms with E-state index >= 15 is 0 Å². The summed E-state index contributed by atoms with van der Waals surface area (Å²) in [5, 5.41) is 0.956. The number of ether oxygens (including phenoxy) is 1. The lowest BCUT2D eigenvalue weighted by Gasteiger charge is -2.37. The third-order valence-corrected chi connectivity index (χ3v) is 6.94. The predicted molar refractivity (Wildman–Crippen MR) is 146 cm³/mol. The molecule has 0 atom stereocenters. The highest BCUT2D eigenvalue weighted by Crippen LogP contribution is 2.33. The molecule has 0 saturated carbocycles. The second-order valence-electron chi connectivity index (χ2n) is 8.96. The van der Waals surface area contributed by atoms with Crippen molar-refractivity contribution in [1.82, 2.24) is 15.0 Å². The van der Waals surface area contributed by atoms with Crippen molar-refractivity contribution in [2.24, 2.45) is 0 Å². The van der Waals surface area contributed by atoms with E-state index in [2.05, 4.69) is 24.8 Å². The van der Waals surface area contributed by atoms with Gasteiger partial charge in [0.2, 0.25) is 0 Å². The molecule has 7 nitrogen and oxygen atoms in total. The molecule has 3 heterocycles. The summed E-state index contributed by atoms with van der Waals surface area (Å²) in [7, 11) is 0. The summed E-state index contributed by atoms with van der Waals surface area (Å²) in [6, 6.07) is 20.9. The zero-order chi connectivity index (χ0) is 26.1. The van der Waals surface area contributed by atoms with E-state index in [9.17, 15) is 9.18 Å². The molecule has 1 fully saturated rings. The number of hydrogen-bond acceptors (Lipinski definition) is 6. The maximum Gasteiger partial charge on any atom is 0.196 e. The Morgan fingerprint density at radius 2 is 1.61 bits per heavy atom. The Hall–Kier alpha value is -4.43. The summed E-state index contributed by atoms with van der Waals surface area (Å²) >= 11 is 6.55. The van der Waals surface area contributed by atoms with Crippen LogP contribution in [-0.2, 0) is 0 Å². The van der Waals surface area contributed by atoms with Gasteiger partial charge in [-0.1, -0.05) is 29.8 Å². The highest BCUT2D eigenvalue weighted by Gasteiger charge is 2.25. The molecule has 9 heteroatoms. The standard InChI is InChI=1S/C29H23ClFN5O2/c30-25-16-22(38-21-4-2-1-3-5-21)10-11-23(25)27(37)24-17-32-28-26(24)29(34-18-33-28)36-14-12-35(13-15-36)20-8-6-19(31)7-9-20/h1-11,16-18H,12-15H2,(H,32,33,34). The summed E-state index contributed by atoms with van der Waals surface area (Å²) in [5.41, 5.74) is 2.38. The number of halogens is 2. The highest BCUT2D eigenvalue weighted by atomic mass is 35.5. The number of anilines is 2. The van der Waals surface area contributed by atoms with Gasteiger partial charge in [0.25, 0.3) is 0 Å². The van der Waals surface area contributed by atoms with E-state index in [0.29, 0.717) is 57.6 Å². The van der Waals surface area contributed by atoms with Crippen LogP contribution < -0.4 is 14.5 Å². The molecule has 0 amide bonds. The molecule has 2 aromatic heterocycles. The first kappa shape index (κ1) is 23.9. The number of fused-ring (bicyclic) bond motifs is 1. The fourth-order valence-corrected chi connectivity index (χ4v) is 4.96. The minimum absolute atomic E-state index is 0.228. The number of aromatic nitrogens is 3. The third kappa shape index (κ3) is 4.66. The number of nitrogens with one attached hydrogen (secondary N) is 1. The Kier molecular flexibility index (Phi) is 6.39. The van der Waals surface area contributed by atoms with Crippen LogP contribution in [0.1, 0.15) is 15.9 Å². The quantitative estimate of drug-likeness (QED) is 0.269. The summed E-state index contributed by atoms with van der Waals surface area (Å²) in [5.74, 6) is 1.44. The average Bonchev–Trinajstić information content (AvgIpc) is 3.39. The Bertz CT molecular complexity index is 1600. The summed E-state index contributed by atoms with van der Waals surface area (Å²) < 4.78 is 19.2. The normalized spacial score (nSPS) is 13.6. The van der Waals surface area contributed by atoms with Gasteiger partial charge in [-0.3, -0.25) is 4.79 Å². The summed E-state index contributed by atoms with van der Waals surface area (Å²) in [4.78, 5) is 30.0. The molecule has 38 heavy (non-hydrogen) atoms. The number of H-pyrrole nitrogens is 1. The number of rotatable bonds is 6. The second kappa shape index (κ2) is 10.1. The predicted octanol–water partition coefficient (Wildman–Crippen LogP) is 6.10. The summed E-state index contributed by atoms with van der Waals surface area (Å²) in [6.07, 6.45) is 3.15. The van der Waals surface area contributed by atoms with Crippen molar-refractivity contribution in [2.75, 3.05) is 36.0 Å². The van der Waals surface area contributed by atoms with Crippen molar-refractivity contribution in [1.29, 1.82) is 0 Å². The van der Waals surface area contributed by atoms with Crippen LogP contribution in [0.3, 0.4) is 0 Å². The number of piperazine rings is 1. The van der Waals surface area contributed by atoms with Gasteiger partial charge in [0, 0.05) is 49.7 Å². The minimum atomic E-state index is -0.251. The van der Waals surface area contributed by atoms with Crippen LogP contribution in [0.15, 0.2) is 85.3 Å². The fourth-order valence-electron chi connectivity index (χ4n) is 4.71. The number of benzene rings is 3. The lowest BCUT2D eigenvalue weighted by atomic mass is 10.0. The van der Waals surface area contributed by atoms with E-state index in [1.165, 1.54) is 18.5 Å². The molecule has 0 radical (unpaired) electrons. The minimum Gasteiger partial charge on any atom is -0.457 e. The SMILES string of the molecule is O=C(c1ccc(Oc2ccccc2)cc1Cl)c1c[nH]c2ncnc(N3CCN(c4ccc(F)cc4)CC3)c12. The van der Waals surface area contributed by atoms with Crippen molar-refractivity contribution < 1.29 is 13.9 Å². The van der Waals surface area contributed by atoms with Crippen LogP contribution >= 0.6 is 11.6 Å². The van der Waals surface area contributed by atoms with Gasteiger partial charge in [-0.25, -0.2) is 14.4 Å². The average molecular weight is 528 g/mol. The Balaban J connectivity index is 1.25. The van der Waals surface area contributed by atoms with Gasteiger partial charge in [-0.05, 0) is 48.5 Å². The maximum absolute atomic E-state index is 13.7. The van der Waals surface area contributed by atoms with Crippen LogP contribution in [-0.4, -0.2) is 46.9 Å². The van der Waals surface area contributed by atoms with Crippen LogP contribution in [0, 0.1) is 5.82 Å². The van der Waals surface area contributed by atoms with E-state index in [1.54, 1.807) is 36.5 Å². The van der Waals surface area contributed by atoms with Crippen LogP contribution in [0.25, 0.3) is 11.0 Å². The first-order valence-electron chi connectivity index (χ1n) is 12.2. The number of nitrogens with zero attached hydrogens (tertiary/aromatic N) is 4. The molecule has 0 aliphatic carbocycles. The molecule has 5 aromatic rings. The largest absolute Gasteiger partial charge is 0.457 e. The highest BCUT2D eigenvalue weighted by molar-refractivity contribution is 6.35. The Labute approximate surface area is 223 Å². The van der Waals surface area contributed by atoms with Crippen LogP contribution in [0.4, 0.5) is 15.9 Å². The third-order valence-electron chi connectivity index (χ3n) is 6.63. The molecule has 190 valence electrons. The Morgan fingerprint density at radius 1 is 0.868 bits per heavy atom. The second-order valence-corrected chi connectivity index (χ2v) is 9.37. The molecule has 1 N–H and O–H groups in total. The van der Waals surface area contributed by atoms with E-state index in [1.807, 2.05) is 30.3 Å². The zero-order valence-corrected chi connectivity index (χ0v) is 21.0. The molecular weight excluding hydrogens is 505 g/mol. The van der Waals surface area contributed by atoms with Gasteiger partial charge in [0.05, 0.1) is 16.0 Å². The smallest absolute Gasteiger partial charge is 0.196 e. The first-order chi connectivity index (χ1) is 18.6. The number of hydrogen-bond donors (Lipinski definition) is 1. The Morgan fingerprint density at radius 3 is 2.34 bits per heavy atom. The van der Waals surface area contributed by atoms with E-state index in [0.717, 1.165) is 18.8 Å². The van der Waals surface area contributed by atoms with E-state index in [4.69, 9.17) is 16.3 Å². The van der Waals surface area contributed by atoms with E-state index < -0.39 is 0 Å². The first-order valence-corrected chi connectivity index (χ1v) is 12.6. The molecule has 3 aromatic carbocycles.